The zero-order valence-electron chi connectivity index (χ0n) is 10.8. The normalized spacial score (nSPS) is 10.2. The SMILES string of the molecule is O=C(O)Cn1cccc1C(=O)NCCc1cccnc1. The number of carboxylic acids is 1. The number of carboxylic acid groups (broad SMARTS) is 1. The Morgan fingerprint density at radius 1 is 1.30 bits per heavy atom. The Bertz CT molecular complexity index is 593. The highest BCUT2D eigenvalue weighted by molar-refractivity contribution is 5.93. The molecule has 0 bridgehead atoms. The van der Waals surface area contributed by atoms with Gasteiger partial charge in [-0.3, -0.25) is 14.6 Å². The highest BCUT2D eigenvalue weighted by Crippen LogP contribution is 2.03. The second-order valence-corrected chi connectivity index (χ2v) is 4.28. The number of aliphatic carboxylic acids is 1. The van der Waals surface area contributed by atoms with Crippen LogP contribution >= 0.6 is 0 Å². The van der Waals surface area contributed by atoms with Crippen molar-refractivity contribution in [1.82, 2.24) is 14.9 Å². The number of aromatic nitrogens is 2. The first kappa shape index (κ1) is 13.8. The van der Waals surface area contributed by atoms with Crippen molar-refractivity contribution in [1.29, 1.82) is 0 Å². The van der Waals surface area contributed by atoms with Gasteiger partial charge < -0.3 is 15.0 Å². The molecule has 2 heterocycles. The van der Waals surface area contributed by atoms with Gasteiger partial charge in [0.2, 0.25) is 0 Å². The Kier molecular flexibility index (Phi) is 4.49. The van der Waals surface area contributed by atoms with Crippen LogP contribution in [0, 0.1) is 0 Å². The molecule has 1 amide bonds. The lowest BCUT2D eigenvalue weighted by Gasteiger charge is -2.08. The molecule has 0 atom stereocenters. The van der Waals surface area contributed by atoms with Crippen LogP contribution in [-0.4, -0.2) is 33.1 Å². The summed E-state index contributed by atoms with van der Waals surface area (Å²) in [6.45, 7) is 0.251. The van der Waals surface area contributed by atoms with Crippen LogP contribution in [0.15, 0.2) is 42.9 Å². The summed E-state index contributed by atoms with van der Waals surface area (Å²) in [7, 11) is 0. The van der Waals surface area contributed by atoms with Gasteiger partial charge in [-0.05, 0) is 30.2 Å². The largest absolute Gasteiger partial charge is 0.480 e. The highest BCUT2D eigenvalue weighted by atomic mass is 16.4. The maximum atomic E-state index is 12.0. The van der Waals surface area contributed by atoms with Crippen LogP contribution < -0.4 is 5.32 Å². The molecule has 0 aromatic carbocycles. The quantitative estimate of drug-likeness (QED) is 0.820. The first-order valence-electron chi connectivity index (χ1n) is 6.21. The summed E-state index contributed by atoms with van der Waals surface area (Å²) in [6, 6.07) is 7.03. The zero-order chi connectivity index (χ0) is 14.4. The van der Waals surface area contributed by atoms with Crippen LogP contribution in [0.3, 0.4) is 0 Å². The van der Waals surface area contributed by atoms with Crippen molar-refractivity contribution < 1.29 is 14.7 Å². The molecule has 0 saturated carbocycles. The highest BCUT2D eigenvalue weighted by Gasteiger charge is 2.11. The summed E-state index contributed by atoms with van der Waals surface area (Å²) < 4.78 is 1.40. The van der Waals surface area contributed by atoms with Gasteiger partial charge in [-0.25, -0.2) is 0 Å². The minimum absolute atomic E-state index is 0.224. The number of hydrogen-bond donors (Lipinski definition) is 2. The van der Waals surface area contributed by atoms with Crippen molar-refractivity contribution in [3.8, 4) is 0 Å². The van der Waals surface area contributed by atoms with Gasteiger partial charge in [0.15, 0.2) is 0 Å². The van der Waals surface area contributed by atoms with E-state index in [0.717, 1.165) is 5.56 Å². The minimum atomic E-state index is -0.981. The van der Waals surface area contributed by atoms with Crippen LogP contribution in [0.4, 0.5) is 0 Å². The summed E-state index contributed by atoms with van der Waals surface area (Å²) in [5, 5.41) is 11.5. The molecule has 6 nitrogen and oxygen atoms in total. The molecule has 0 saturated heterocycles. The zero-order valence-corrected chi connectivity index (χ0v) is 10.8. The van der Waals surface area contributed by atoms with Gasteiger partial charge in [0.25, 0.3) is 5.91 Å². The Hall–Kier alpha value is -2.63. The maximum Gasteiger partial charge on any atom is 0.323 e. The second kappa shape index (κ2) is 6.51. The number of pyridine rings is 1. The molecule has 20 heavy (non-hydrogen) atoms. The third kappa shape index (κ3) is 3.68. The van der Waals surface area contributed by atoms with Crippen LogP contribution in [0.1, 0.15) is 16.1 Å². The Balaban J connectivity index is 1.89. The minimum Gasteiger partial charge on any atom is -0.480 e. The van der Waals surface area contributed by atoms with Gasteiger partial charge in [0.1, 0.15) is 12.2 Å². The van der Waals surface area contributed by atoms with E-state index in [1.54, 1.807) is 30.7 Å². The molecule has 0 aliphatic carbocycles. The van der Waals surface area contributed by atoms with E-state index in [-0.39, 0.29) is 12.5 Å². The smallest absolute Gasteiger partial charge is 0.323 e. The Labute approximate surface area is 116 Å². The average molecular weight is 273 g/mol. The molecule has 0 spiro atoms. The van der Waals surface area contributed by atoms with E-state index in [1.165, 1.54) is 4.57 Å². The fraction of sp³-hybridized carbons (Fsp3) is 0.214. The summed E-state index contributed by atoms with van der Waals surface area (Å²) in [5.74, 6) is -1.26. The molecule has 2 aromatic heterocycles. The number of carbonyl (C=O) groups is 2. The van der Waals surface area contributed by atoms with Crippen molar-refractivity contribution in [3.05, 3.63) is 54.1 Å². The molecule has 2 rings (SSSR count). The van der Waals surface area contributed by atoms with Crippen LogP contribution in [0.2, 0.25) is 0 Å². The van der Waals surface area contributed by atoms with E-state index >= 15 is 0 Å². The van der Waals surface area contributed by atoms with E-state index in [0.29, 0.717) is 18.7 Å². The maximum absolute atomic E-state index is 12.0. The Morgan fingerprint density at radius 3 is 2.85 bits per heavy atom. The van der Waals surface area contributed by atoms with E-state index in [4.69, 9.17) is 5.11 Å². The van der Waals surface area contributed by atoms with E-state index in [1.807, 2.05) is 12.1 Å². The molecule has 0 fully saturated rings. The number of hydrogen-bond acceptors (Lipinski definition) is 3. The molecule has 0 radical (unpaired) electrons. The molecule has 0 aliphatic heterocycles. The van der Waals surface area contributed by atoms with Gasteiger partial charge >= 0.3 is 5.97 Å². The van der Waals surface area contributed by atoms with Crippen LogP contribution in [-0.2, 0) is 17.8 Å². The Morgan fingerprint density at radius 2 is 2.15 bits per heavy atom. The molecule has 104 valence electrons. The second-order valence-electron chi connectivity index (χ2n) is 4.28. The summed E-state index contributed by atoms with van der Waals surface area (Å²) >= 11 is 0. The van der Waals surface area contributed by atoms with Crippen molar-refractivity contribution in [2.24, 2.45) is 0 Å². The molecular weight excluding hydrogens is 258 g/mol. The summed E-state index contributed by atoms with van der Waals surface area (Å²) in [6.07, 6.45) is 5.70. The topological polar surface area (TPSA) is 84.2 Å². The molecule has 6 heteroatoms. The van der Waals surface area contributed by atoms with Gasteiger partial charge in [-0.15, -0.1) is 0 Å². The number of amides is 1. The van der Waals surface area contributed by atoms with Gasteiger partial charge in [0, 0.05) is 25.1 Å². The van der Waals surface area contributed by atoms with Crippen molar-refractivity contribution in [2.45, 2.75) is 13.0 Å². The average Bonchev–Trinajstić information content (AvgIpc) is 2.87. The third-order valence-corrected chi connectivity index (χ3v) is 2.79. The standard InChI is InChI=1S/C14H15N3O3/c18-13(19)10-17-8-2-4-12(17)14(20)16-7-5-11-3-1-6-15-9-11/h1-4,6,8-9H,5,7,10H2,(H,16,20)(H,18,19). The van der Waals surface area contributed by atoms with E-state index < -0.39 is 5.97 Å². The van der Waals surface area contributed by atoms with Crippen LogP contribution in [0.5, 0.6) is 0 Å². The fourth-order valence-corrected chi connectivity index (χ4v) is 1.86. The predicted molar refractivity (Wildman–Crippen MR) is 72.3 cm³/mol. The lowest BCUT2D eigenvalue weighted by Crippen LogP contribution is -2.28. The van der Waals surface area contributed by atoms with Gasteiger partial charge in [0.05, 0.1) is 0 Å². The van der Waals surface area contributed by atoms with E-state index in [9.17, 15) is 9.59 Å². The number of nitrogens with one attached hydrogen (secondary N) is 1. The van der Waals surface area contributed by atoms with E-state index in [2.05, 4.69) is 10.3 Å². The molecule has 2 aromatic rings. The first-order chi connectivity index (χ1) is 9.66. The van der Waals surface area contributed by atoms with Crippen molar-refractivity contribution >= 4 is 11.9 Å². The lowest BCUT2D eigenvalue weighted by molar-refractivity contribution is -0.137. The summed E-state index contributed by atoms with van der Waals surface area (Å²) in [4.78, 5) is 26.6. The molecule has 2 N–H and O–H groups in total. The third-order valence-electron chi connectivity index (χ3n) is 2.79. The molecular formula is C14H15N3O3. The lowest BCUT2D eigenvalue weighted by atomic mass is 10.2. The number of rotatable bonds is 6. The number of carbonyl (C=O) groups excluding carboxylic acids is 1. The van der Waals surface area contributed by atoms with Crippen molar-refractivity contribution in [3.63, 3.8) is 0 Å². The fourth-order valence-electron chi connectivity index (χ4n) is 1.86. The number of nitrogens with zero attached hydrogens (tertiary/aromatic N) is 2. The predicted octanol–water partition coefficient (Wildman–Crippen LogP) is 0.940. The van der Waals surface area contributed by atoms with Gasteiger partial charge in [-0.2, -0.15) is 0 Å². The monoisotopic (exact) mass is 273 g/mol. The van der Waals surface area contributed by atoms with Gasteiger partial charge in [-0.1, -0.05) is 6.07 Å². The first-order valence-corrected chi connectivity index (χ1v) is 6.21. The molecule has 0 unspecified atom stereocenters. The van der Waals surface area contributed by atoms with Crippen LogP contribution in [0.25, 0.3) is 0 Å². The molecule has 0 aliphatic rings. The summed E-state index contributed by atoms with van der Waals surface area (Å²) in [5.41, 5.74) is 1.38. The van der Waals surface area contributed by atoms with Crippen molar-refractivity contribution in [2.75, 3.05) is 6.54 Å².